The van der Waals surface area contributed by atoms with E-state index in [0.29, 0.717) is 36.8 Å². The molecule has 4 aromatic rings. The average molecular weight is 614 g/mol. The monoisotopic (exact) mass is 613 g/mol. The lowest BCUT2D eigenvalue weighted by Gasteiger charge is -2.31. The summed E-state index contributed by atoms with van der Waals surface area (Å²) in [6, 6.07) is 32.7. The number of para-hydroxylation sites is 1. The third kappa shape index (κ3) is 8.60. The average Bonchev–Trinajstić information content (AvgIpc) is 3.05. The molecule has 1 saturated heterocycles. The molecular weight excluding hydrogens is 578 g/mol. The fraction of sp³-hybridized carbons (Fsp3) is 0.257. The summed E-state index contributed by atoms with van der Waals surface area (Å²) in [5.41, 5.74) is 3.24. The van der Waals surface area contributed by atoms with Crippen LogP contribution >= 0.6 is 11.6 Å². The van der Waals surface area contributed by atoms with Crippen LogP contribution < -0.4 is 20.7 Å². The zero-order valence-corrected chi connectivity index (χ0v) is 25.0. The predicted octanol–water partition coefficient (Wildman–Crippen LogP) is 6.12. The van der Waals surface area contributed by atoms with E-state index < -0.39 is 24.0 Å². The second kappa shape index (κ2) is 15.4. The molecule has 4 N–H and O–H groups in total. The van der Waals surface area contributed by atoms with E-state index in [0.717, 1.165) is 28.9 Å². The maximum absolute atomic E-state index is 13.9. The molecule has 0 aromatic heterocycles. The Morgan fingerprint density at radius 1 is 0.864 bits per heavy atom. The normalized spacial score (nSPS) is 17.0. The first kappa shape index (κ1) is 31.1. The number of carbonyl (C=O) groups is 2. The summed E-state index contributed by atoms with van der Waals surface area (Å²) in [5, 5.41) is 19.3. The number of benzene rings is 4. The van der Waals surface area contributed by atoms with Crippen molar-refractivity contribution in [1.29, 1.82) is 0 Å². The van der Waals surface area contributed by atoms with Gasteiger partial charge < -0.3 is 30.5 Å². The number of hydrogen-bond acceptors (Lipinski definition) is 5. The standard InChI is InChI=1S/C35H36ClN3O5/c36-27-16-19-28(20-17-27)43-23-30-22-37-21-29(44-30)18-15-24-9-7-8-14-31(24)38-34(40)33(39-35(41)42)32(25-10-3-1-4-11-25)26-12-5-2-6-13-26/h1-14,16-17,19-20,29-30,32-33,37,39H,15,18,21-23H2,(H,38,40)(H,41,42)/t29?,30-,33?/m0/s1. The van der Waals surface area contributed by atoms with Crippen LogP contribution in [0.4, 0.5) is 10.5 Å². The van der Waals surface area contributed by atoms with E-state index in [9.17, 15) is 14.7 Å². The third-order valence-electron chi connectivity index (χ3n) is 7.60. The van der Waals surface area contributed by atoms with E-state index in [1.165, 1.54) is 0 Å². The molecule has 3 atom stereocenters. The van der Waals surface area contributed by atoms with Gasteiger partial charge in [-0.25, -0.2) is 4.79 Å². The zero-order valence-electron chi connectivity index (χ0n) is 24.2. The minimum atomic E-state index is -1.27. The van der Waals surface area contributed by atoms with Crippen molar-refractivity contribution in [2.24, 2.45) is 0 Å². The van der Waals surface area contributed by atoms with Crippen molar-refractivity contribution in [3.63, 3.8) is 0 Å². The lowest BCUT2D eigenvalue weighted by atomic mass is 9.84. The second-order valence-corrected chi connectivity index (χ2v) is 11.2. The zero-order chi connectivity index (χ0) is 30.7. The van der Waals surface area contributed by atoms with Crippen molar-refractivity contribution in [2.75, 3.05) is 25.0 Å². The Hall–Kier alpha value is -4.37. The Kier molecular flexibility index (Phi) is 10.9. The van der Waals surface area contributed by atoms with Crippen molar-refractivity contribution in [2.45, 2.75) is 37.0 Å². The predicted molar refractivity (Wildman–Crippen MR) is 172 cm³/mol. The molecule has 1 aliphatic rings. The van der Waals surface area contributed by atoms with Crippen LogP contribution in [-0.2, 0) is 16.0 Å². The van der Waals surface area contributed by atoms with Crippen LogP contribution in [0.5, 0.6) is 5.75 Å². The van der Waals surface area contributed by atoms with Gasteiger partial charge in [0.1, 0.15) is 24.5 Å². The van der Waals surface area contributed by atoms with E-state index >= 15 is 0 Å². The molecule has 0 aliphatic carbocycles. The Morgan fingerprint density at radius 3 is 2.14 bits per heavy atom. The van der Waals surface area contributed by atoms with Crippen molar-refractivity contribution >= 4 is 29.3 Å². The fourth-order valence-corrected chi connectivity index (χ4v) is 5.61. The van der Waals surface area contributed by atoms with Gasteiger partial charge in [0, 0.05) is 29.7 Å². The molecule has 44 heavy (non-hydrogen) atoms. The molecule has 4 aromatic carbocycles. The molecule has 1 fully saturated rings. The molecule has 0 bridgehead atoms. The SMILES string of the molecule is O=C(O)NC(C(=O)Nc1ccccc1CCC1CNC[C@@H](COc2ccc(Cl)cc2)O1)C(c1ccccc1)c1ccccc1. The molecule has 2 unspecified atom stereocenters. The van der Waals surface area contributed by atoms with E-state index in [1.54, 1.807) is 12.1 Å². The molecule has 1 aliphatic heterocycles. The Labute approximate surface area is 262 Å². The first-order valence-electron chi connectivity index (χ1n) is 14.7. The lowest BCUT2D eigenvalue weighted by molar-refractivity contribution is -0.118. The van der Waals surface area contributed by atoms with Gasteiger partial charge in [0.05, 0.1) is 6.10 Å². The summed E-state index contributed by atoms with van der Waals surface area (Å²) in [7, 11) is 0. The molecule has 5 rings (SSSR count). The van der Waals surface area contributed by atoms with Gasteiger partial charge in [-0.1, -0.05) is 90.5 Å². The summed E-state index contributed by atoms with van der Waals surface area (Å²) >= 11 is 5.96. The van der Waals surface area contributed by atoms with Crippen LogP contribution in [0.15, 0.2) is 109 Å². The van der Waals surface area contributed by atoms with Gasteiger partial charge in [-0.05, 0) is 59.9 Å². The van der Waals surface area contributed by atoms with Gasteiger partial charge >= 0.3 is 6.09 Å². The Balaban J connectivity index is 1.26. The molecule has 0 radical (unpaired) electrons. The molecule has 1 heterocycles. The van der Waals surface area contributed by atoms with Gasteiger partial charge in [0.2, 0.25) is 5.91 Å². The Bertz CT molecular complexity index is 1460. The van der Waals surface area contributed by atoms with Crippen molar-refractivity contribution in [3.8, 4) is 5.75 Å². The van der Waals surface area contributed by atoms with Crippen LogP contribution in [0.2, 0.25) is 5.02 Å². The second-order valence-electron chi connectivity index (χ2n) is 10.7. The van der Waals surface area contributed by atoms with Crippen LogP contribution in [0.1, 0.15) is 29.0 Å². The molecule has 9 heteroatoms. The minimum Gasteiger partial charge on any atom is -0.491 e. The number of rotatable bonds is 12. The highest BCUT2D eigenvalue weighted by Gasteiger charge is 2.33. The number of amides is 2. The maximum atomic E-state index is 13.9. The number of carboxylic acid groups (broad SMARTS) is 1. The summed E-state index contributed by atoms with van der Waals surface area (Å²) in [6.45, 7) is 1.82. The number of nitrogens with one attached hydrogen (secondary N) is 3. The fourth-order valence-electron chi connectivity index (χ4n) is 5.48. The van der Waals surface area contributed by atoms with E-state index in [1.807, 2.05) is 97.1 Å². The molecule has 8 nitrogen and oxygen atoms in total. The van der Waals surface area contributed by atoms with Crippen LogP contribution in [0.3, 0.4) is 0 Å². The van der Waals surface area contributed by atoms with Gasteiger partial charge in [-0.2, -0.15) is 0 Å². The Morgan fingerprint density at radius 2 is 1.48 bits per heavy atom. The largest absolute Gasteiger partial charge is 0.491 e. The third-order valence-corrected chi connectivity index (χ3v) is 7.85. The maximum Gasteiger partial charge on any atom is 0.405 e. The first-order valence-corrected chi connectivity index (χ1v) is 15.1. The lowest BCUT2D eigenvalue weighted by Crippen LogP contribution is -2.47. The van der Waals surface area contributed by atoms with E-state index in [2.05, 4.69) is 16.0 Å². The van der Waals surface area contributed by atoms with E-state index in [4.69, 9.17) is 21.1 Å². The van der Waals surface area contributed by atoms with Crippen LogP contribution in [0, 0.1) is 0 Å². The minimum absolute atomic E-state index is 0.0340. The first-order chi connectivity index (χ1) is 21.5. The molecular formula is C35H36ClN3O5. The number of morpholine rings is 1. The molecule has 2 amide bonds. The highest BCUT2D eigenvalue weighted by Crippen LogP contribution is 2.30. The molecule has 228 valence electrons. The number of anilines is 1. The molecule has 0 spiro atoms. The highest BCUT2D eigenvalue weighted by molar-refractivity contribution is 6.30. The van der Waals surface area contributed by atoms with Crippen molar-refractivity contribution in [1.82, 2.24) is 10.6 Å². The van der Waals surface area contributed by atoms with Gasteiger partial charge in [-0.15, -0.1) is 0 Å². The molecule has 0 saturated carbocycles. The quantitative estimate of drug-likeness (QED) is 0.153. The van der Waals surface area contributed by atoms with Gasteiger partial charge in [0.25, 0.3) is 0 Å². The summed E-state index contributed by atoms with van der Waals surface area (Å²) in [4.78, 5) is 25.8. The number of aryl methyl sites for hydroxylation is 1. The summed E-state index contributed by atoms with van der Waals surface area (Å²) in [5.74, 6) is -0.232. The highest BCUT2D eigenvalue weighted by atomic mass is 35.5. The number of hydrogen-bond donors (Lipinski definition) is 4. The van der Waals surface area contributed by atoms with Gasteiger partial charge in [0.15, 0.2) is 0 Å². The topological polar surface area (TPSA) is 109 Å². The van der Waals surface area contributed by atoms with Crippen LogP contribution in [-0.4, -0.2) is 55.1 Å². The number of carbonyl (C=O) groups excluding carboxylic acids is 1. The summed E-state index contributed by atoms with van der Waals surface area (Å²) in [6.07, 6.45) is -0.0221. The number of halogens is 1. The van der Waals surface area contributed by atoms with Crippen molar-refractivity contribution < 1.29 is 24.2 Å². The van der Waals surface area contributed by atoms with Crippen LogP contribution in [0.25, 0.3) is 0 Å². The van der Waals surface area contributed by atoms with Crippen molar-refractivity contribution in [3.05, 3.63) is 131 Å². The smallest absolute Gasteiger partial charge is 0.405 e. The van der Waals surface area contributed by atoms with E-state index in [-0.39, 0.29) is 12.2 Å². The number of ether oxygens (including phenoxy) is 2. The van der Waals surface area contributed by atoms with Gasteiger partial charge in [-0.3, -0.25) is 4.79 Å². The summed E-state index contributed by atoms with van der Waals surface area (Å²) < 4.78 is 12.2.